The molecular weight excluding hydrogens is 775 g/mol. The van der Waals surface area contributed by atoms with Crippen LogP contribution < -0.4 is 10.6 Å². The van der Waals surface area contributed by atoms with Crippen molar-refractivity contribution in [3.05, 3.63) is 0 Å². The molecule has 0 aromatic rings. The van der Waals surface area contributed by atoms with Crippen molar-refractivity contribution < 1.29 is 44.3 Å². The molecule has 358 valence electrons. The van der Waals surface area contributed by atoms with E-state index in [1.54, 1.807) is 4.90 Å². The minimum Gasteiger partial charge on any atom is -0.481 e. The maximum Gasteiger partial charge on any atom is 0.303 e. The minimum atomic E-state index is -1.54. The average molecular weight is 868 g/mol. The second kappa shape index (κ2) is 39.3. The zero-order valence-corrected chi connectivity index (χ0v) is 39.0. The van der Waals surface area contributed by atoms with Crippen LogP contribution in [-0.2, 0) is 23.9 Å². The van der Waals surface area contributed by atoms with E-state index in [4.69, 9.17) is 9.84 Å². The summed E-state index contributed by atoms with van der Waals surface area (Å²) in [5, 5.41) is 46.0. The highest BCUT2D eigenvalue weighted by Crippen LogP contribution is 2.26. The standard InChI is InChI=1S/C49H93N3O9/c1-3-5-7-9-11-13-15-17-19-21-23-25-27-29-31-33-38-52(44(56)36-32-30-28-26-24-22-20-18-16-14-12-10-8-6-4-2)49-46(48(60)47(59)41(40-53)61-49)51-43(55)39-50-42(54)35-34-37-45(57)58/h41,46-49,53,59-60H,3-40H2,1-2H3,(H,50,54)(H,51,55)(H,57,58)/t41-,46+,47-,48-,49-/m1/s1. The third-order valence-electron chi connectivity index (χ3n) is 12.3. The molecule has 1 rings (SSSR count). The van der Waals surface area contributed by atoms with Gasteiger partial charge in [-0.3, -0.25) is 19.2 Å². The molecule has 61 heavy (non-hydrogen) atoms. The van der Waals surface area contributed by atoms with Crippen molar-refractivity contribution in [1.82, 2.24) is 15.5 Å². The Morgan fingerprint density at radius 2 is 0.918 bits per heavy atom. The molecule has 6 N–H and O–H groups in total. The second-order valence-corrected chi connectivity index (χ2v) is 17.9. The van der Waals surface area contributed by atoms with Crippen LogP contribution in [0.25, 0.3) is 0 Å². The molecule has 12 nitrogen and oxygen atoms in total. The van der Waals surface area contributed by atoms with Gasteiger partial charge in [-0.05, 0) is 19.3 Å². The summed E-state index contributed by atoms with van der Waals surface area (Å²) in [5.41, 5.74) is 0. The number of carbonyl (C=O) groups excluding carboxylic acids is 3. The van der Waals surface area contributed by atoms with Crippen LogP contribution in [-0.4, -0.2) is 99.3 Å². The quantitative estimate of drug-likeness (QED) is 0.0325. The number of carboxylic acids is 1. The zero-order chi connectivity index (χ0) is 44.8. The van der Waals surface area contributed by atoms with Crippen LogP contribution in [0.15, 0.2) is 0 Å². The van der Waals surface area contributed by atoms with E-state index in [1.807, 2.05) is 0 Å². The first-order chi connectivity index (χ1) is 29.7. The van der Waals surface area contributed by atoms with Gasteiger partial charge in [0.05, 0.1) is 13.2 Å². The molecule has 1 fully saturated rings. The molecule has 0 radical (unpaired) electrons. The fourth-order valence-electron chi connectivity index (χ4n) is 8.44. The summed E-state index contributed by atoms with van der Waals surface area (Å²) in [6, 6.07) is -1.21. The summed E-state index contributed by atoms with van der Waals surface area (Å²) in [6.07, 6.45) is 32.8. The lowest BCUT2D eigenvalue weighted by Crippen LogP contribution is -2.69. The van der Waals surface area contributed by atoms with E-state index in [0.29, 0.717) is 19.4 Å². The van der Waals surface area contributed by atoms with Gasteiger partial charge in [0.15, 0.2) is 6.23 Å². The molecule has 1 saturated heterocycles. The van der Waals surface area contributed by atoms with Crippen LogP contribution >= 0.6 is 0 Å². The molecule has 1 aliphatic rings. The monoisotopic (exact) mass is 868 g/mol. The van der Waals surface area contributed by atoms with Crippen LogP contribution in [0, 0.1) is 0 Å². The number of nitrogens with one attached hydrogen (secondary N) is 2. The highest BCUT2D eigenvalue weighted by molar-refractivity contribution is 5.85. The van der Waals surface area contributed by atoms with Gasteiger partial charge >= 0.3 is 5.97 Å². The van der Waals surface area contributed by atoms with E-state index >= 15 is 0 Å². The smallest absolute Gasteiger partial charge is 0.303 e. The van der Waals surface area contributed by atoms with E-state index in [1.165, 1.54) is 148 Å². The van der Waals surface area contributed by atoms with Crippen molar-refractivity contribution in [2.75, 3.05) is 19.7 Å². The molecule has 0 unspecified atom stereocenters. The molecule has 1 heterocycles. The number of aliphatic carboxylic acids is 1. The van der Waals surface area contributed by atoms with Crippen LogP contribution in [0.1, 0.15) is 239 Å². The molecule has 0 aromatic carbocycles. The summed E-state index contributed by atoms with van der Waals surface area (Å²) in [6.45, 7) is 3.83. The number of ether oxygens (including phenoxy) is 1. The zero-order valence-electron chi connectivity index (χ0n) is 39.0. The Labute approximate surface area is 371 Å². The SMILES string of the molecule is CCCCCCCCCCCCCCCCCCN(C(=O)CCCCCCCCCCCCCCCCC)[C@@H]1O[C@H](CO)[C@@H](O)[C@H](O)[C@@H]1NC(=O)CNC(=O)CCCC(=O)O. The number of aliphatic hydroxyl groups is 3. The molecule has 5 atom stereocenters. The summed E-state index contributed by atoms with van der Waals surface area (Å²) in [5.74, 6) is -2.32. The van der Waals surface area contributed by atoms with Crippen molar-refractivity contribution in [3.63, 3.8) is 0 Å². The number of unbranched alkanes of at least 4 members (excludes halogenated alkanes) is 29. The fourth-order valence-corrected chi connectivity index (χ4v) is 8.44. The number of amides is 3. The van der Waals surface area contributed by atoms with Crippen LogP contribution in [0.4, 0.5) is 0 Å². The highest BCUT2D eigenvalue weighted by atomic mass is 16.5. The van der Waals surface area contributed by atoms with Gasteiger partial charge in [0.25, 0.3) is 0 Å². The Bertz CT molecular complexity index is 1100. The van der Waals surface area contributed by atoms with Gasteiger partial charge < -0.3 is 40.7 Å². The summed E-state index contributed by atoms with van der Waals surface area (Å²) >= 11 is 0. The Hall–Kier alpha value is -2.28. The first-order valence-electron chi connectivity index (χ1n) is 25.4. The van der Waals surface area contributed by atoms with E-state index in [-0.39, 0.29) is 31.6 Å². The topological polar surface area (TPSA) is 186 Å². The predicted molar refractivity (Wildman–Crippen MR) is 245 cm³/mol. The molecule has 0 aromatic heterocycles. The van der Waals surface area contributed by atoms with Gasteiger partial charge in [0, 0.05) is 25.8 Å². The summed E-state index contributed by atoms with van der Waals surface area (Å²) in [7, 11) is 0. The molecule has 0 aliphatic carbocycles. The molecular formula is C49H93N3O9. The predicted octanol–water partition coefficient (Wildman–Crippen LogP) is 9.63. The normalized spacial score (nSPS) is 18.9. The van der Waals surface area contributed by atoms with Gasteiger partial charge in [-0.1, -0.05) is 200 Å². The molecule has 3 amide bonds. The fraction of sp³-hybridized carbons (Fsp3) is 0.918. The third kappa shape index (κ3) is 29.7. The Kier molecular flexibility index (Phi) is 36.6. The van der Waals surface area contributed by atoms with Crippen molar-refractivity contribution >= 4 is 23.7 Å². The molecule has 0 bridgehead atoms. The van der Waals surface area contributed by atoms with Crippen molar-refractivity contribution in [2.45, 2.75) is 269 Å². The van der Waals surface area contributed by atoms with Gasteiger partial charge in [-0.2, -0.15) is 0 Å². The lowest BCUT2D eigenvalue weighted by molar-refractivity contribution is -0.231. The number of aliphatic hydroxyl groups excluding tert-OH is 3. The van der Waals surface area contributed by atoms with Gasteiger partial charge in [0.1, 0.15) is 24.4 Å². The summed E-state index contributed by atoms with van der Waals surface area (Å²) in [4.78, 5) is 51.6. The van der Waals surface area contributed by atoms with Gasteiger partial charge in [-0.25, -0.2) is 0 Å². The lowest BCUT2D eigenvalue weighted by atomic mass is 9.94. The number of hydrogen-bond acceptors (Lipinski definition) is 8. The van der Waals surface area contributed by atoms with E-state index < -0.39 is 61.5 Å². The van der Waals surface area contributed by atoms with Crippen LogP contribution in [0.5, 0.6) is 0 Å². The average Bonchev–Trinajstić information content (AvgIpc) is 3.24. The van der Waals surface area contributed by atoms with E-state index in [9.17, 15) is 34.5 Å². The Morgan fingerprint density at radius 1 is 0.508 bits per heavy atom. The van der Waals surface area contributed by atoms with Gasteiger partial charge in [0.2, 0.25) is 17.7 Å². The first-order valence-corrected chi connectivity index (χ1v) is 25.4. The van der Waals surface area contributed by atoms with Gasteiger partial charge in [-0.15, -0.1) is 0 Å². The highest BCUT2D eigenvalue weighted by Gasteiger charge is 2.48. The maximum absolute atomic E-state index is 14.0. The molecule has 0 spiro atoms. The number of hydrogen-bond donors (Lipinski definition) is 6. The number of nitrogens with zero attached hydrogens (tertiary/aromatic N) is 1. The van der Waals surface area contributed by atoms with E-state index in [2.05, 4.69) is 24.5 Å². The van der Waals surface area contributed by atoms with Crippen molar-refractivity contribution in [3.8, 4) is 0 Å². The van der Waals surface area contributed by atoms with Crippen molar-refractivity contribution in [2.24, 2.45) is 0 Å². The largest absolute Gasteiger partial charge is 0.481 e. The summed E-state index contributed by atoms with van der Waals surface area (Å²) < 4.78 is 6.11. The number of carbonyl (C=O) groups is 4. The Morgan fingerprint density at radius 3 is 1.33 bits per heavy atom. The third-order valence-corrected chi connectivity index (χ3v) is 12.3. The van der Waals surface area contributed by atoms with Crippen LogP contribution in [0.2, 0.25) is 0 Å². The number of carboxylic acid groups (broad SMARTS) is 1. The first kappa shape index (κ1) is 56.7. The molecule has 12 heteroatoms. The van der Waals surface area contributed by atoms with Crippen molar-refractivity contribution in [1.29, 1.82) is 0 Å². The number of rotatable bonds is 42. The lowest BCUT2D eigenvalue weighted by Gasteiger charge is -2.47. The Balaban J connectivity index is 2.70. The van der Waals surface area contributed by atoms with E-state index in [0.717, 1.165) is 38.5 Å². The molecule has 0 saturated carbocycles. The second-order valence-electron chi connectivity index (χ2n) is 17.9. The van der Waals surface area contributed by atoms with Crippen LogP contribution in [0.3, 0.4) is 0 Å². The molecule has 1 aliphatic heterocycles. The maximum atomic E-state index is 14.0. The minimum absolute atomic E-state index is 0.0604.